The minimum Gasteiger partial charge on any atom is -0.379 e. The lowest BCUT2D eigenvalue weighted by molar-refractivity contribution is -0.189. The molecule has 22 heavy (non-hydrogen) atoms. The number of aliphatic hydroxyl groups is 1. The number of nitrogens with zero attached hydrogens (tertiary/aromatic N) is 3. The van der Waals surface area contributed by atoms with Gasteiger partial charge in [-0.25, -0.2) is 0 Å². The first-order valence-corrected chi connectivity index (χ1v) is 8.09. The molecule has 0 aliphatic carbocycles. The molecule has 8 heteroatoms. The average Bonchev–Trinajstić information content (AvgIpc) is 2.79. The molecule has 0 spiro atoms. The van der Waals surface area contributed by atoms with E-state index in [2.05, 4.69) is 45.1 Å². The van der Waals surface area contributed by atoms with E-state index in [0.717, 1.165) is 16.7 Å². The molecular weight excluding hydrogens is 354 g/mol. The Morgan fingerprint density at radius 3 is 2.55 bits per heavy atom. The van der Waals surface area contributed by atoms with Gasteiger partial charge in [-0.05, 0) is 48.2 Å². The van der Waals surface area contributed by atoms with Crippen LogP contribution in [0.25, 0.3) is 0 Å². The Hall–Kier alpha value is -0.990. The van der Waals surface area contributed by atoms with Crippen molar-refractivity contribution in [1.82, 2.24) is 9.78 Å². The molecule has 0 unspecified atom stereocenters. The Labute approximate surface area is 139 Å². The monoisotopic (exact) mass is 377 g/mol. The van der Waals surface area contributed by atoms with Crippen LogP contribution in [-0.4, -0.2) is 34.7 Å². The summed E-state index contributed by atoms with van der Waals surface area (Å²) in [4.78, 5) is 13.5. The highest BCUT2D eigenvalue weighted by atomic mass is 79.9. The molecule has 0 atom stereocenters. The highest BCUT2D eigenvalue weighted by Crippen LogP contribution is 2.32. The van der Waals surface area contributed by atoms with E-state index in [1.165, 1.54) is 0 Å². The highest BCUT2D eigenvalue weighted by Gasteiger charge is 2.41. The van der Waals surface area contributed by atoms with Gasteiger partial charge in [0.15, 0.2) is 10.9 Å². The van der Waals surface area contributed by atoms with Crippen molar-refractivity contribution in [2.45, 2.75) is 45.8 Å². The molecule has 0 saturated carbocycles. The van der Waals surface area contributed by atoms with Crippen molar-refractivity contribution >= 4 is 15.9 Å². The van der Waals surface area contributed by atoms with Gasteiger partial charge in [-0.15, -0.1) is 4.91 Å². The van der Waals surface area contributed by atoms with E-state index in [-0.39, 0.29) is 6.04 Å². The van der Waals surface area contributed by atoms with Gasteiger partial charge < -0.3 is 14.7 Å². The quantitative estimate of drug-likeness (QED) is 0.467. The minimum atomic E-state index is -0.844. The number of halogens is 1. The second-order valence-electron chi connectivity index (χ2n) is 6.01. The number of aromatic nitrogens is 2. The maximum absolute atomic E-state index is 10.1. The van der Waals surface area contributed by atoms with Gasteiger partial charge in [0.05, 0.1) is 18.9 Å². The van der Waals surface area contributed by atoms with Gasteiger partial charge in [0.1, 0.15) is 11.2 Å². The standard InChI is InChI=1S/C9H13BrN2O2.C5H11NO2/c1-6(2)12-7(3-8(10)11-12)9(13)4-14-5-9;1-5(2)3-4-8-6-7/h3,6,13H,4-5H2,1-2H3;5H,3-4H2,1-2H3. The number of rotatable bonds is 6. The van der Waals surface area contributed by atoms with Crippen molar-refractivity contribution in [3.63, 3.8) is 0 Å². The summed E-state index contributed by atoms with van der Waals surface area (Å²) in [5.41, 5.74) is -0.0193. The Morgan fingerprint density at radius 1 is 1.50 bits per heavy atom. The molecule has 0 aromatic carbocycles. The molecule has 1 aliphatic heterocycles. The summed E-state index contributed by atoms with van der Waals surface area (Å²) >= 11 is 3.31. The summed E-state index contributed by atoms with van der Waals surface area (Å²) in [5, 5.41) is 16.7. The Bertz CT molecular complexity index is 473. The number of hydrogen-bond acceptors (Lipinski definition) is 6. The summed E-state index contributed by atoms with van der Waals surface area (Å²) in [6.45, 7) is 9.36. The van der Waals surface area contributed by atoms with Crippen LogP contribution in [0, 0.1) is 10.8 Å². The molecule has 1 saturated heterocycles. The van der Waals surface area contributed by atoms with E-state index < -0.39 is 5.60 Å². The van der Waals surface area contributed by atoms with E-state index in [4.69, 9.17) is 4.74 Å². The molecule has 0 radical (unpaired) electrons. The first-order chi connectivity index (χ1) is 10.3. The van der Waals surface area contributed by atoms with Gasteiger partial charge >= 0.3 is 0 Å². The number of hydrogen-bond donors (Lipinski definition) is 1. The molecule has 7 nitrogen and oxygen atoms in total. The third-order valence-corrected chi connectivity index (χ3v) is 3.58. The highest BCUT2D eigenvalue weighted by molar-refractivity contribution is 9.10. The second kappa shape index (κ2) is 8.59. The lowest BCUT2D eigenvalue weighted by atomic mass is 9.97. The zero-order chi connectivity index (χ0) is 16.8. The third-order valence-electron chi connectivity index (χ3n) is 3.19. The molecule has 126 valence electrons. The predicted molar refractivity (Wildman–Crippen MR) is 86.2 cm³/mol. The van der Waals surface area contributed by atoms with Crippen molar-refractivity contribution < 1.29 is 14.7 Å². The van der Waals surface area contributed by atoms with Crippen molar-refractivity contribution in [2.24, 2.45) is 11.3 Å². The molecule has 0 amide bonds. The summed E-state index contributed by atoms with van der Waals surface area (Å²) in [6.07, 6.45) is 0.895. The van der Waals surface area contributed by atoms with E-state index in [1.54, 1.807) is 0 Å². The maximum Gasteiger partial charge on any atom is 0.155 e. The van der Waals surface area contributed by atoms with Crippen molar-refractivity contribution in [1.29, 1.82) is 0 Å². The maximum atomic E-state index is 10.1. The second-order valence-corrected chi connectivity index (χ2v) is 6.82. The molecule has 2 rings (SSSR count). The first-order valence-electron chi connectivity index (χ1n) is 7.30. The van der Waals surface area contributed by atoms with Crippen LogP contribution in [0.4, 0.5) is 0 Å². The summed E-state index contributed by atoms with van der Waals surface area (Å²) < 4.78 is 7.61. The lowest BCUT2D eigenvalue weighted by Gasteiger charge is -2.36. The van der Waals surface area contributed by atoms with Gasteiger partial charge in [0.25, 0.3) is 0 Å². The van der Waals surface area contributed by atoms with Crippen molar-refractivity contribution in [3.05, 3.63) is 21.3 Å². The van der Waals surface area contributed by atoms with Crippen LogP contribution in [0.5, 0.6) is 0 Å². The molecule has 1 fully saturated rings. The SMILES string of the molecule is CC(C)CCON=O.CC(C)n1nc(Br)cc1C1(O)COC1. The summed E-state index contributed by atoms with van der Waals surface area (Å²) in [5.74, 6) is 0.580. The van der Waals surface area contributed by atoms with Crippen LogP contribution in [0.3, 0.4) is 0 Å². The summed E-state index contributed by atoms with van der Waals surface area (Å²) in [6, 6.07) is 2.09. The summed E-state index contributed by atoms with van der Waals surface area (Å²) in [7, 11) is 0. The number of ether oxygens (including phenoxy) is 1. The van der Waals surface area contributed by atoms with Crippen molar-refractivity contribution in [2.75, 3.05) is 19.8 Å². The van der Waals surface area contributed by atoms with Gasteiger partial charge in [-0.2, -0.15) is 5.10 Å². The molecule has 1 aromatic rings. The lowest BCUT2D eigenvalue weighted by Crippen LogP contribution is -2.48. The van der Waals surface area contributed by atoms with Gasteiger partial charge in [0, 0.05) is 6.04 Å². The predicted octanol–water partition coefficient (Wildman–Crippen LogP) is 3.17. The van der Waals surface area contributed by atoms with Crippen molar-refractivity contribution in [3.8, 4) is 0 Å². The zero-order valence-electron chi connectivity index (χ0n) is 13.5. The minimum absolute atomic E-state index is 0.237. The molecule has 0 bridgehead atoms. The fourth-order valence-electron chi connectivity index (χ4n) is 1.87. The fraction of sp³-hybridized carbons (Fsp3) is 0.786. The molecule has 2 heterocycles. The van der Waals surface area contributed by atoms with Crippen LogP contribution in [-0.2, 0) is 15.2 Å². The largest absolute Gasteiger partial charge is 0.379 e. The molecule has 1 N–H and O–H groups in total. The van der Waals surface area contributed by atoms with Crippen LogP contribution in [0.15, 0.2) is 16.0 Å². The van der Waals surface area contributed by atoms with Gasteiger partial charge in [-0.1, -0.05) is 13.8 Å². The van der Waals surface area contributed by atoms with Gasteiger partial charge in [0.2, 0.25) is 0 Å². The Morgan fingerprint density at radius 2 is 2.14 bits per heavy atom. The normalized spacial score (nSPS) is 16.0. The van der Waals surface area contributed by atoms with E-state index in [1.807, 2.05) is 24.6 Å². The Balaban J connectivity index is 0.000000261. The Kier molecular flexibility index (Phi) is 7.44. The molecular formula is C14H24BrN3O4. The topological polar surface area (TPSA) is 85.9 Å². The van der Waals surface area contributed by atoms with Crippen LogP contribution < -0.4 is 0 Å². The van der Waals surface area contributed by atoms with E-state index >= 15 is 0 Å². The van der Waals surface area contributed by atoms with Crippen LogP contribution >= 0.6 is 15.9 Å². The first kappa shape index (κ1) is 19.1. The van der Waals surface area contributed by atoms with Gasteiger partial charge in [-0.3, -0.25) is 4.68 Å². The average molecular weight is 378 g/mol. The van der Waals surface area contributed by atoms with E-state index in [0.29, 0.717) is 25.7 Å². The third kappa shape index (κ3) is 5.33. The fourth-order valence-corrected chi connectivity index (χ4v) is 2.26. The molecule has 1 aliphatic rings. The van der Waals surface area contributed by atoms with Crippen LogP contribution in [0.1, 0.15) is 45.9 Å². The van der Waals surface area contributed by atoms with E-state index in [9.17, 15) is 10.0 Å². The smallest absolute Gasteiger partial charge is 0.155 e. The zero-order valence-corrected chi connectivity index (χ0v) is 15.0. The molecule has 1 aromatic heterocycles. The van der Waals surface area contributed by atoms with Crippen LogP contribution in [0.2, 0.25) is 0 Å².